The minimum Gasteiger partial charge on any atom is -0.465 e. The molecule has 10 heteroatoms. The Morgan fingerprint density at radius 3 is 2.51 bits per heavy atom. The van der Waals surface area contributed by atoms with Crippen molar-refractivity contribution < 1.29 is 27.1 Å². The average Bonchev–Trinajstić information content (AvgIpc) is 3.54. The van der Waals surface area contributed by atoms with E-state index in [4.69, 9.17) is 4.74 Å². The van der Waals surface area contributed by atoms with E-state index in [1.807, 2.05) is 16.7 Å². The Hall–Kier alpha value is -3.44. The summed E-state index contributed by atoms with van der Waals surface area (Å²) in [7, 11) is -2.82. The predicted octanol–water partition coefficient (Wildman–Crippen LogP) is 7.58. The molecule has 1 aromatic heterocycles. The number of aromatic nitrogens is 1. The Labute approximate surface area is 261 Å². The van der Waals surface area contributed by atoms with Crippen LogP contribution in [0.3, 0.4) is 0 Å². The van der Waals surface area contributed by atoms with Gasteiger partial charge in [0.15, 0.2) is 6.54 Å². The van der Waals surface area contributed by atoms with E-state index < -0.39 is 21.3 Å². The van der Waals surface area contributed by atoms with Crippen molar-refractivity contribution >= 4 is 61.2 Å². The molecule has 0 radical (unpaired) electrons. The lowest BCUT2D eigenvalue weighted by Crippen LogP contribution is -2.37. The highest BCUT2D eigenvalue weighted by Crippen LogP contribution is 2.47. The van der Waals surface area contributed by atoms with E-state index in [0.717, 1.165) is 38.8 Å². The van der Waals surface area contributed by atoms with Crippen LogP contribution in [0.4, 0.5) is 5.69 Å². The number of fused-ring (bicyclic) bond motifs is 2. The molecule has 0 saturated carbocycles. The lowest BCUT2D eigenvalue weighted by atomic mass is 10.0. The first kappa shape index (κ1) is 31.0. The molecule has 5 rings (SSSR count). The summed E-state index contributed by atoms with van der Waals surface area (Å²) < 4.78 is 41.0. The smallest absolute Gasteiger partial charge is 0.338 e. The maximum absolute atomic E-state index is 12.3. The zero-order chi connectivity index (χ0) is 30.7. The minimum absolute atomic E-state index is 0.222. The Bertz CT molecular complexity index is 1830. The van der Waals surface area contributed by atoms with Crippen LogP contribution in [0.5, 0.6) is 0 Å². The van der Waals surface area contributed by atoms with Crippen LogP contribution in [-0.4, -0.2) is 37.8 Å². The van der Waals surface area contributed by atoms with Crippen molar-refractivity contribution in [3.8, 4) is 11.1 Å². The number of methoxy groups -OCH3 is 1. The zero-order valence-electron chi connectivity index (χ0n) is 24.6. The molecule has 7 nitrogen and oxygen atoms in total. The molecule has 0 amide bonds. The standard InChI is InChI=1S/C33H34N2O5S3/c1-5-23(18-31-34(6-2)27-20-25(12-14-29(27)41-31)24-10-8-7-9-11-24)19-32-35(17-16-22(3)43(37,38)39)28-21-26(33(36)40-4)13-15-30(28)42-32/h7-15,18-22H,5-6,16-17H2,1-4H3/p+1. The summed E-state index contributed by atoms with van der Waals surface area (Å²) in [5.74, 6) is -0.435. The fourth-order valence-electron chi connectivity index (χ4n) is 5.05. The van der Waals surface area contributed by atoms with Crippen LogP contribution >= 0.6 is 23.1 Å². The van der Waals surface area contributed by atoms with Gasteiger partial charge in [-0.05, 0) is 67.3 Å². The molecule has 0 aliphatic carbocycles. The number of nitrogens with zero attached hydrogens (tertiary/aromatic N) is 2. The van der Waals surface area contributed by atoms with Crippen LogP contribution in [0.2, 0.25) is 0 Å². The molecule has 4 aromatic rings. The SMILES string of the molecule is CCC(=Cc1sc2ccc(C(=O)OC)cc2[n+]1CCC(C)S(=O)(=O)O)C=C1Sc2ccc(-c3ccccc3)cc2N1CC. The lowest BCUT2D eigenvalue weighted by molar-refractivity contribution is -0.669. The summed E-state index contributed by atoms with van der Waals surface area (Å²) in [4.78, 5) is 15.8. The molecular formula is C33H35N2O5S3+. The lowest BCUT2D eigenvalue weighted by Gasteiger charge is -2.19. The Morgan fingerprint density at radius 2 is 1.84 bits per heavy atom. The predicted molar refractivity (Wildman–Crippen MR) is 176 cm³/mol. The molecule has 2 heterocycles. The van der Waals surface area contributed by atoms with Crippen LogP contribution in [0.25, 0.3) is 27.4 Å². The number of ether oxygens (including phenoxy) is 1. The van der Waals surface area contributed by atoms with Gasteiger partial charge in [0, 0.05) is 30.0 Å². The molecule has 0 saturated heterocycles. The molecular weight excluding hydrogens is 601 g/mol. The first-order valence-electron chi connectivity index (χ1n) is 14.2. The third-order valence-corrected chi connectivity index (χ3v) is 11.1. The molecule has 0 fully saturated rings. The van der Waals surface area contributed by atoms with Crippen molar-refractivity contribution in [2.24, 2.45) is 0 Å². The van der Waals surface area contributed by atoms with Crippen molar-refractivity contribution in [3.05, 3.63) is 94.0 Å². The van der Waals surface area contributed by atoms with Gasteiger partial charge in [-0.15, -0.1) is 0 Å². The first-order chi connectivity index (χ1) is 20.6. The summed E-state index contributed by atoms with van der Waals surface area (Å²) in [5.41, 5.74) is 5.92. The number of allylic oxidation sites excluding steroid dienone is 2. The van der Waals surface area contributed by atoms with Gasteiger partial charge in [0.25, 0.3) is 15.1 Å². The Kier molecular flexibility index (Phi) is 9.41. The zero-order valence-corrected chi connectivity index (χ0v) is 27.1. The van der Waals surface area contributed by atoms with Crippen LogP contribution in [0, 0.1) is 0 Å². The fraction of sp³-hybridized carbons (Fsp3) is 0.273. The van der Waals surface area contributed by atoms with Crippen molar-refractivity contribution in [1.29, 1.82) is 0 Å². The van der Waals surface area contributed by atoms with E-state index in [1.54, 1.807) is 35.2 Å². The van der Waals surface area contributed by atoms with E-state index >= 15 is 0 Å². The van der Waals surface area contributed by atoms with Gasteiger partial charge in [0.05, 0.1) is 28.6 Å². The second-order valence-electron chi connectivity index (χ2n) is 10.3. The van der Waals surface area contributed by atoms with E-state index in [2.05, 4.69) is 73.4 Å². The van der Waals surface area contributed by atoms with Crippen LogP contribution in [0.15, 0.2) is 88.3 Å². The number of aryl methyl sites for hydroxylation is 1. The number of thioether (sulfide) groups is 1. The number of carbonyl (C=O) groups excluding carboxylic acids is 1. The molecule has 1 aliphatic heterocycles. The van der Waals surface area contributed by atoms with E-state index in [0.29, 0.717) is 12.1 Å². The summed E-state index contributed by atoms with van der Waals surface area (Å²) in [5, 5.41) is 1.16. The normalized spacial score (nSPS) is 15.2. The molecule has 1 atom stereocenters. The monoisotopic (exact) mass is 635 g/mol. The van der Waals surface area contributed by atoms with Gasteiger partial charge < -0.3 is 9.64 Å². The van der Waals surface area contributed by atoms with Gasteiger partial charge in [0.1, 0.15) is 4.70 Å². The van der Waals surface area contributed by atoms with Crippen LogP contribution in [0.1, 0.15) is 49.0 Å². The van der Waals surface area contributed by atoms with Gasteiger partial charge >= 0.3 is 5.97 Å². The third-order valence-electron chi connectivity index (χ3n) is 7.60. The van der Waals surface area contributed by atoms with Crippen molar-refractivity contribution in [1.82, 2.24) is 0 Å². The highest BCUT2D eigenvalue weighted by Gasteiger charge is 2.27. The van der Waals surface area contributed by atoms with Gasteiger partial charge in [0.2, 0.25) is 5.52 Å². The first-order valence-corrected chi connectivity index (χ1v) is 17.3. The largest absolute Gasteiger partial charge is 0.465 e. The molecule has 1 aliphatic rings. The molecule has 1 unspecified atom stereocenters. The van der Waals surface area contributed by atoms with Crippen LogP contribution in [-0.2, 0) is 21.4 Å². The van der Waals surface area contributed by atoms with E-state index in [9.17, 15) is 17.8 Å². The Balaban J connectivity index is 1.53. The highest BCUT2D eigenvalue weighted by atomic mass is 32.2. The molecule has 1 N–H and O–H groups in total. The minimum atomic E-state index is -4.16. The average molecular weight is 636 g/mol. The number of carbonyl (C=O) groups is 1. The van der Waals surface area contributed by atoms with E-state index in [-0.39, 0.29) is 6.42 Å². The molecule has 0 bridgehead atoms. The second-order valence-corrected chi connectivity index (χ2v) is 14.3. The topological polar surface area (TPSA) is 87.8 Å². The number of rotatable bonds is 10. The third kappa shape index (κ3) is 6.72. The van der Waals surface area contributed by atoms with Crippen molar-refractivity contribution in [2.75, 3.05) is 18.6 Å². The summed E-state index contributed by atoms with van der Waals surface area (Å²) in [6.07, 6.45) is 5.38. The number of thiazole rings is 1. The highest BCUT2D eigenvalue weighted by molar-refractivity contribution is 8.03. The number of hydrogen-bond donors (Lipinski definition) is 1. The van der Waals surface area contributed by atoms with E-state index in [1.165, 1.54) is 35.7 Å². The van der Waals surface area contributed by atoms with Crippen LogP contribution < -0.4 is 9.47 Å². The molecule has 0 spiro atoms. The number of esters is 1. The summed E-state index contributed by atoms with van der Waals surface area (Å²) >= 11 is 3.34. The van der Waals surface area contributed by atoms with Gasteiger partial charge in [-0.2, -0.15) is 13.0 Å². The molecule has 43 heavy (non-hydrogen) atoms. The Morgan fingerprint density at radius 1 is 1.07 bits per heavy atom. The maximum atomic E-state index is 12.3. The molecule has 224 valence electrons. The fourth-order valence-corrected chi connectivity index (χ4v) is 7.78. The number of hydrogen-bond acceptors (Lipinski definition) is 7. The molecule has 3 aromatic carbocycles. The quantitative estimate of drug-likeness (QED) is 0.109. The van der Waals surface area contributed by atoms with Crippen molar-refractivity contribution in [3.63, 3.8) is 0 Å². The van der Waals surface area contributed by atoms with Gasteiger partial charge in [-0.3, -0.25) is 4.55 Å². The van der Waals surface area contributed by atoms with Gasteiger partial charge in [-0.1, -0.05) is 66.4 Å². The summed E-state index contributed by atoms with van der Waals surface area (Å²) in [6, 6.07) is 22.4. The maximum Gasteiger partial charge on any atom is 0.338 e. The second kappa shape index (κ2) is 13.1. The number of anilines is 1. The summed E-state index contributed by atoms with van der Waals surface area (Å²) in [6.45, 7) is 6.96. The number of benzene rings is 3. The van der Waals surface area contributed by atoms with Crippen molar-refractivity contribution in [2.45, 2.75) is 50.3 Å². The van der Waals surface area contributed by atoms with Gasteiger partial charge in [-0.25, -0.2) is 4.79 Å².